The van der Waals surface area contributed by atoms with Crippen LogP contribution in [0.15, 0.2) is 34.6 Å². The van der Waals surface area contributed by atoms with Crippen molar-refractivity contribution in [1.82, 2.24) is 0 Å². The quantitative estimate of drug-likeness (QED) is 0.544. The van der Waals surface area contributed by atoms with Gasteiger partial charge >= 0.3 is 5.97 Å². The Kier molecular flexibility index (Phi) is 7.79. The summed E-state index contributed by atoms with van der Waals surface area (Å²) in [4.78, 5) is 24.3. The highest BCUT2D eigenvalue weighted by molar-refractivity contribution is 6.44. The first-order valence-corrected chi connectivity index (χ1v) is 12.0. The van der Waals surface area contributed by atoms with Crippen molar-refractivity contribution < 1.29 is 33.6 Å². The fraction of sp³-hybridized carbons (Fsp3) is 0.680. The predicted molar refractivity (Wildman–Crippen MR) is 123 cm³/mol. The molecular formula is C25H35ClO7. The summed E-state index contributed by atoms with van der Waals surface area (Å²) in [6.07, 6.45) is 6.69. The van der Waals surface area contributed by atoms with Gasteiger partial charge in [-0.2, -0.15) is 0 Å². The predicted octanol–water partition coefficient (Wildman–Crippen LogP) is 4.18. The van der Waals surface area contributed by atoms with Crippen molar-refractivity contribution in [3.63, 3.8) is 0 Å². The third-order valence-corrected chi connectivity index (χ3v) is 7.15. The van der Waals surface area contributed by atoms with Gasteiger partial charge in [-0.25, -0.2) is 0 Å². The third kappa shape index (κ3) is 5.06. The Morgan fingerprint density at radius 3 is 2.70 bits per heavy atom. The molecule has 0 aromatic carbocycles. The van der Waals surface area contributed by atoms with Crippen LogP contribution in [0.2, 0.25) is 0 Å². The number of allylic oxidation sites excluding steroid dienone is 2. The number of aliphatic hydroxyl groups is 1. The molecule has 1 aliphatic carbocycles. The molecule has 0 bridgehead atoms. The van der Waals surface area contributed by atoms with Crippen molar-refractivity contribution in [2.75, 3.05) is 6.61 Å². The summed E-state index contributed by atoms with van der Waals surface area (Å²) in [6, 6.07) is 0. The molecule has 3 aliphatic rings. The zero-order chi connectivity index (χ0) is 24.6. The highest BCUT2D eigenvalue weighted by atomic mass is 35.5. The van der Waals surface area contributed by atoms with Crippen LogP contribution in [0.25, 0.3) is 0 Å². The first kappa shape index (κ1) is 25.9. The number of hydrogen-bond donors (Lipinski definition) is 1. The average molecular weight is 483 g/mol. The van der Waals surface area contributed by atoms with Crippen LogP contribution in [0.3, 0.4) is 0 Å². The third-order valence-electron chi connectivity index (χ3n) is 6.76. The summed E-state index contributed by atoms with van der Waals surface area (Å²) in [5.41, 5.74) is -2.08. The number of ether oxygens (including phenoxy) is 4. The van der Waals surface area contributed by atoms with Crippen LogP contribution in [0.1, 0.15) is 60.8 Å². The van der Waals surface area contributed by atoms with Gasteiger partial charge in [-0.3, -0.25) is 9.59 Å². The second-order valence-electron chi connectivity index (χ2n) is 9.54. The zero-order valence-corrected chi connectivity index (χ0v) is 21.0. The number of ketones is 1. The number of esters is 1. The van der Waals surface area contributed by atoms with E-state index in [1.165, 1.54) is 13.8 Å². The van der Waals surface area contributed by atoms with E-state index in [2.05, 4.69) is 20.8 Å². The number of halogens is 1. The summed E-state index contributed by atoms with van der Waals surface area (Å²) < 4.78 is 23.7. The van der Waals surface area contributed by atoms with E-state index in [9.17, 15) is 14.7 Å². The highest BCUT2D eigenvalue weighted by Gasteiger charge is 2.53. The van der Waals surface area contributed by atoms with E-state index in [0.717, 1.165) is 19.3 Å². The van der Waals surface area contributed by atoms with Crippen molar-refractivity contribution in [2.24, 2.45) is 11.8 Å². The molecule has 0 saturated carbocycles. The monoisotopic (exact) mass is 482 g/mol. The van der Waals surface area contributed by atoms with Gasteiger partial charge in [0.05, 0.1) is 23.7 Å². The smallest absolute Gasteiger partial charge is 0.303 e. The molecule has 2 aliphatic heterocycles. The molecular weight excluding hydrogens is 448 g/mol. The van der Waals surface area contributed by atoms with Crippen LogP contribution in [-0.2, 0) is 28.5 Å². The summed E-state index contributed by atoms with van der Waals surface area (Å²) in [7, 11) is 0. The fourth-order valence-corrected chi connectivity index (χ4v) is 5.12. The minimum Gasteiger partial charge on any atom is -0.493 e. The number of carbonyl (C=O) groups excluding carboxylic acids is 2. The molecule has 1 N–H and O–H groups in total. The number of fused-ring (bicyclic) bond motifs is 1. The fourth-order valence-electron chi connectivity index (χ4n) is 4.73. The topological polar surface area (TPSA) is 91.3 Å². The standard InChI is InChI=1S/C25H35ClO7/c1-7-9-19-32-22(14(3)8-2)24(5,33-19)11-10-16-12-17-18(13-30-16)23(31-15(4)27)25(6,29)21(28)20(17)26/h10-12,14,18-19,22-23,29H,7-9,13H2,1-6H3/b11-10+/t14?,18-,19+,22+,23+,24+,25-/m0/s1. The molecule has 184 valence electrons. The number of carbonyl (C=O) groups is 2. The molecule has 0 aromatic rings. The lowest BCUT2D eigenvalue weighted by Crippen LogP contribution is -2.57. The molecule has 8 heteroatoms. The van der Waals surface area contributed by atoms with Gasteiger partial charge in [0.25, 0.3) is 0 Å². The van der Waals surface area contributed by atoms with Gasteiger partial charge in [0.15, 0.2) is 11.9 Å². The summed E-state index contributed by atoms with van der Waals surface area (Å²) >= 11 is 6.35. The molecule has 0 aromatic heterocycles. The van der Waals surface area contributed by atoms with Crippen LogP contribution in [0, 0.1) is 11.8 Å². The Morgan fingerprint density at radius 1 is 1.39 bits per heavy atom. The van der Waals surface area contributed by atoms with E-state index in [-0.39, 0.29) is 24.0 Å². The molecule has 3 rings (SSSR count). The largest absolute Gasteiger partial charge is 0.493 e. The molecule has 1 unspecified atom stereocenters. The summed E-state index contributed by atoms with van der Waals surface area (Å²) in [6.45, 7) is 11.0. The second kappa shape index (κ2) is 9.90. The number of hydrogen-bond acceptors (Lipinski definition) is 7. The molecule has 7 atom stereocenters. The lowest BCUT2D eigenvalue weighted by atomic mass is 9.74. The van der Waals surface area contributed by atoms with Crippen LogP contribution < -0.4 is 0 Å². The van der Waals surface area contributed by atoms with Gasteiger partial charge < -0.3 is 24.1 Å². The minimum atomic E-state index is -1.93. The number of Topliss-reactive ketones (excluding diaryl/α,β-unsaturated/α-hetero) is 1. The lowest BCUT2D eigenvalue weighted by Gasteiger charge is -2.42. The average Bonchev–Trinajstić information content (AvgIpc) is 3.10. The molecule has 1 saturated heterocycles. The molecule has 7 nitrogen and oxygen atoms in total. The van der Waals surface area contributed by atoms with Gasteiger partial charge in [-0.15, -0.1) is 0 Å². The lowest BCUT2D eigenvalue weighted by molar-refractivity contribution is -0.174. The van der Waals surface area contributed by atoms with Gasteiger partial charge in [-0.05, 0) is 50.0 Å². The minimum absolute atomic E-state index is 0.0743. The van der Waals surface area contributed by atoms with Crippen molar-refractivity contribution in [1.29, 1.82) is 0 Å². The molecule has 33 heavy (non-hydrogen) atoms. The van der Waals surface area contributed by atoms with Gasteiger partial charge in [0.2, 0.25) is 5.78 Å². The van der Waals surface area contributed by atoms with Gasteiger partial charge in [0.1, 0.15) is 17.5 Å². The Morgan fingerprint density at radius 2 is 2.09 bits per heavy atom. The van der Waals surface area contributed by atoms with Crippen LogP contribution in [0.4, 0.5) is 0 Å². The Hall–Kier alpha value is -1.67. The highest BCUT2D eigenvalue weighted by Crippen LogP contribution is 2.42. The van der Waals surface area contributed by atoms with Crippen molar-refractivity contribution in [2.45, 2.75) is 90.5 Å². The molecule has 1 fully saturated rings. The maximum atomic E-state index is 12.7. The van der Waals surface area contributed by atoms with Crippen molar-refractivity contribution in [3.8, 4) is 0 Å². The van der Waals surface area contributed by atoms with Crippen LogP contribution in [0.5, 0.6) is 0 Å². The van der Waals surface area contributed by atoms with E-state index < -0.39 is 35.0 Å². The molecule has 0 spiro atoms. The van der Waals surface area contributed by atoms with Gasteiger partial charge in [0, 0.05) is 6.92 Å². The molecule has 0 amide bonds. The van der Waals surface area contributed by atoms with Crippen LogP contribution >= 0.6 is 11.6 Å². The first-order valence-electron chi connectivity index (χ1n) is 11.7. The van der Waals surface area contributed by atoms with Gasteiger partial charge in [-0.1, -0.05) is 45.2 Å². The first-order chi connectivity index (χ1) is 15.4. The Bertz CT molecular complexity index is 874. The molecule has 0 radical (unpaired) electrons. The number of rotatable bonds is 7. The van der Waals surface area contributed by atoms with E-state index in [1.54, 1.807) is 12.2 Å². The summed E-state index contributed by atoms with van der Waals surface area (Å²) in [5, 5.41) is 10.6. The molecule has 2 heterocycles. The van der Waals surface area contributed by atoms with E-state index in [4.69, 9.17) is 30.5 Å². The maximum absolute atomic E-state index is 12.7. The van der Waals surface area contributed by atoms with Crippen LogP contribution in [-0.4, -0.2) is 53.2 Å². The van der Waals surface area contributed by atoms with E-state index in [1.807, 2.05) is 13.0 Å². The Balaban J connectivity index is 1.90. The van der Waals surface area contributed by atoms with E-state index >= 15 is 0 Å². The Labute approximate surface area is 200 Å². The SMILES string of the molecule is CCC[C@@H]1O[C@H](C(C)CC)[C@@](C)(/C=C/C2=CC3=C(Cl)C(=O)[C@](C)(O)[C@H](OC(C)=O)[C@H]3CO2)O1. The van der Waals surface area contributed by atoms with Crippen molar-refractivity contribution in [3.05, 3.63) is 34.6 Å². The normalized spacial score (nSPS) is 37.6. The second-order valence-corrected chi connectivity index (χ2v) is 9.91. The van der Waals surface area contributed by atoms with Crippen molar-refractivity contribution >= 4 is 23.4 Å². The zero-order valence-electron chi connectivity index (χ0n) is 20.2. The summed E-state index contributed by atoms with van der Waals surface area (Å²) in [5.74, 6) is -1.03. The van der Waals surface area contributed by atoms with E-state index in [0.29, 0.717) is 17.3 Å². The maximum Gasteiger partial charge on any atom is 0.303 e.